The van der Waals surface area contributed by atoms with E-state index in [2.05, 4.69) is 5.32 Å². The predicted octanol–water partition coefficient (Wildman–Crippen LogP) is 0.697. The van der Waals surface area contributed by atoms with Gasteiger partial charge in [0, 0.05) is 17.9 Å². The molecule has 5 nitrogen and oxygen atoms in total. The van der Waals surface area contributed by atoms with Gasteiger partial charge in [0.25, 0.3) is 0 Å². The van der Waals surface area contributed by atoms with E-state index in [0.717, 1.165) is 38.5 Å². The van der Waals surface area contributed by atoms with Crippen molar-refractivity contribution in [1.29, 1.82) is 0 Å². The molecular formula is C13H24ClN3O2. The SMILES string of the molecule is Cl.NC[C@H]1CCC[C@H]1C(=O)NC1(CC(N)=O)CCC1. The maximum atomic E-state index is 12.3. The highest BCUT2D eigenvalue weighted by Gasteiger charge is 2.42. The summed E-state index contributed by atoms with van der Waals surface area (Å²) >= 11 is 0. The third-order valence-corrected chi connectivity index (χ3v) is 4.51. The minimum Gasteiger partial charge on any atom is -0.370 e. The summed E-state index contributed by atoms with van der Waals surface area (Å²) in [5.41, 5.74) is 10.6. The number of hydrogen-bond acceptors (Lipinski definition) is 3. The highest BCUT2D eigenvalue weighted by molar-refractivity contribution is 5.85. The Labute approximate surface area is 120 Å². The van der Waals surface area contributed by atoms with Gasteiger partial charge in [-0.15, -0.1) is 12.4 Å². The van der Waals surface area contributed by atoms with Crippen molar-refractivity contribution < 1.29 is 9.59 Å². The van der Waals surface area contributed by atoms with Crippen molar-refractivity contribution in [1.82, 2.24) is 5.32 Å². The molecule has 0 aromatic heterocycles. The molecule has 110 valence electrons. The van der Waals surface area contributed by atoms with Crippen molar-refractivity contribution in [3.63, 3.8) is 0 Å². The highest BCUT2D eigenvalue weighted by Crippen LogP contribution is 2.37. The number of primary amides is 1. The van der Waals surface area contributed by atoms with Crippen LogP contribution in [0.15, 0.2) is 0 Å². The first kappa shape index (κ1) is 16.2. The van der Waals surface area contributed by atoms with Crippen LogP contribution in [-0.4, -0.2) is 23.9 Å². The van der Waals surface area contributed by atoms with E-state index in [9.17, 15) is 9.59 Å². The minimum atomic E-state index is -0.356. The lowest BCUT2D eigenvalue weighted by atomic mass is 9.73. The third-order valence-electron chi connectivity index (χ3n) is 4.51. The molecule has 5 N–H and O–H groups in total. The zero-order valence-electron chi connectivity index (χ0n) is 11.2. The molecule has 0 unspecified atom stereocenters. The molecule has 2 atom stereocenters. The smallest absolute Gasteiger partial charge is 0.223 e. The molecule has 2 aliphatic rings. The molecule has 0 heterocycles. The van der Waals surface area contributed by atoms with Gasteiger partial charge in [0.05, 0.1) is 0 Å². The number of carbonyl (C=O) groups is 2. The molecule has 2 saturated carbocycles. The standard InChI is InChI=1S/C13H23N3O2.ClH/c14-8-9-3-1-4-10(9)12(18)16-13(5-2-6-13)7-11(15)17;/h9-10H,1-8,14H2,(H2,15,17)(H,16,18);1H/t9-,10-;/m1./s1. The molecule has 0 radical (unpaired) electrons. The molecule has 0 aliphatic heterocycles. The summed E-state index contributed by atoms with van der Waals surface area (Å²) in [4.78, 5) is 23.4. The molecule has 6 heteroatoms. The van der Waals surface area contributed by atoms with E-state index < -0.39 is 0 Å². The van der Waals surface area contributed by atoms with E-state index in [1.54, 1.807) is 0 Å². The number of hydrogen-bond donors (Lipinski definition) is 3. The average Bonchev–Trinajstić information content (AvgIpc) is 2.73. The van der Waals surface area contributed by atoms with Crippen LogP contribution < -0.4 is 16.8 Å². The summed E-state index contributed by atoms with van der Waals surface area (Å²) in [5.74, 6) is 0.0664. The van der Waals surface area contributed by atoms with E-state index in [1.165, 1.54) is 0 Å². The lowest BCUT2D eigenvalue weighted by Crippen LogP contribution is -2.57. The molecule has 2 rings (SSSR count). The number of rotatable bonds is 5. The highest BCUT2D eigenvalue weighted by atomic mass is 35.5. The maximum Gasteiger partial charge on any atom is 0.223 e. The van der Waals surface area contributed by atoms with Crippen molar-refractivity contribution in [2.24, 2.45) is 23.3 Å². The number of carbonyl (C=O) groups excluding carboxylic acids is 2. The van der Waals surface area contributed by atoms with Gasteiger partial charge in [0.2, 0.25) is 11.8 Å². The van der Waals surface area contributed by atoms with Crippen molar-refractivity contribution >= 4 is 24.2 Å². The van der Waals surface area contributed by atoms with Crippen LogP contribution in [0, 0.1) is 11.8 Å². The first-order valence-electron chi connectivity index (χ1n) is 6.87. The van der Waals surface area contributed by atoms with E-state index in [4.69, 9.17) is 11.5 Å². The summed E-state index contributed by atoms with van der Waals surface area (Å²) < 4.78 is 0. The van der Waals surface area contributed by atoms with E-state index >= 15 is 0 Å². The van der Waals surface area contributed by atoms with E-state index in [1.807, 2.05) is 0 Å². The molecule has 0 bridgehead atoms. The number of amides is 2. The molecule has 0 saturated heterocycles. The van der Waals surface area contributed by atoms with Gasteiger partial charge in [-0.3, -0.25) is 9.59 Å². The van der Waals surface area contributed by atoms with Gasteiger partial charge in [-0.25, -0.2) is 0 Å². The van der Waals surface area contributed by atoms with Crippen LogP contribution in [0.3, 0.4) is 0 Å². The Balaban J connectivity index is 0.00000180. The largest absolute Gasteiger partial charge is 0.370 e. The second kappa shape index (κ2) is 6.57. The van der Waals surface area contributed by atoms with E-state index in [-0.39, 0.29) is 42.1 Å². The monoisotopic (exact) mass is 289 g/mol. The lowest BCUT2D eigenvalue weighted by molar-refractivity contribution is -0.130. The quantitative estimate of drug-likeness (QED) is 0.695. The summed E-state index contributed by atoms with van der Waals surface area (Å²) in [6, 6.07) is 0. The number of halogens is 1. The van der Waals surface area contributed by atoms with Crippen LogP contribution in [0.2, 0.25) is 0 Å². The van der Waals surface area contributed by atoms with Crippen LogP contribution in [0.4, 0.5) is 0 Å². The van der Waals surface area contributed by atoms with Gasteiger partial charge >= 0.3 is 0 Å². The molecule has 0 spiro atoms. The second-order valence-electron chi connectivity index (χ2n) is 5.80. The summed E-state index contributed by atoms with van der Waals surface area (Å²) in [6.45, 7) is 0.570. The van der Waals surface area contributed by atoms with Crippen LogP contribution in [0.1, 0.15) is 44.9 Å². The molecule has 2 fully saturated rings. The molecule has 0 aromatic carbocycles. The Morgan fingerprint density at radius 3 is 2.37 bits per heavy atom. The lowest BCUT2D eigenvalue weighted by Gasteiger charge is -2.42. The first-order chi connectivity index (χ1) is 8.56. The fraction of sp³-hybridized carbons (Fsp3) is 0.846. The fourth-order valence-corrected chi connectivity index (χ4v) is 3.30. The van der Waals surface area contributed by atoms with Gasteiger partial charge in [-0.05, 0) is 44.6 Å². The molecular weight excluding hydrogens is 266 g/mol. The Morgan fingerprint density at radius 2 is 1.89 bits per heavy atom. The third kappa shape index (κ3) is 3.60. The van der Waals surface area contributed by atoms with Crippen LogP contribution in [0.25, 0.3) is 0 Å². The average molecular weight is 290 g/mol. The maximum absolute atomic E-state index is 12.3. The predicted molar refractivity (Wildman–Crippen MR) is 75.7 cm³/mol. The van der Waals surface area contributed by atoms with Crippen LogP contribution >= 0.6 is 12.4 Å². The van der Waals surface area contributed by atoms with Crippen molar-refractivity contribution in [3.8, 4) is 0 Å². The summed E-state index contributed by atoms with van der Waals surface area (Å²) in [6.07, 6.45) is 6.07. The Hall–Kier alpha value is -0.810. The van der Waals surface area contributed by atoms with Gasteiger partial charge < -0.3 is 16.8 Å². The van der Waals surface area contributed by atoms with Crippen molar-refractivity contribution in [3.05, 3.63) is 0 Å². The fourth-order valence-electron chi connectivity index (χ4n) is 3.30. The molecule has 0 aromatic rings. The molecule has 2 amide bonds. The molecule has 19 heavy (non-hydrogen) atoms. The number of nitrogens with one attached hydrogen (secondary N) is 1. The normalized spacial score (nSPS) is 28.1. The first-order valence-corrected chi connectivity index (χ1v) is 6.87. The van der Waals surface area contributed by atoms with Crippen molar-refractivity contribution in [2.75, 3.05) is 6.54 Å². The van der Waals surface area contributed by atoms with Gasteiger partial charge in [-0.1, -0.05) is 6.42 Å². The van der Waals surface area contributed by atoms with Crippen LogP contribution in [0.5, 0.6) is 0 Å². The molecule has 2 aliphatic carbocycles. The zero-order chi connectivity index (χ0) is 13.2. The summed E-state index contributed by atoms with van der Waals surface area (Å²) in [5, 5.41) is 3.07. The Morgan fingerprint density at radius 1 is 1.21 bits per heavy atom. The van der Waals surface area contributed by atoms with E-state index in [0.29, 0.717) is 12.5 Å². The topological polar surface area (TPSA) is 98.2 Å². The van der Waals surface area contributed by atoms with Gasteiger partial charge in [0.1, 0.15) is 0 Å². The zero-order valence-corrected chi connectivity index (χ0v) is 12.0. The Bertz CT molecular complexity index is 345. The number of nitrogens with two attached hydrogens (primary N) is 2. The van der Waals surface area contributed by atoms with Gasteiger partial charge in [0.15, 0.2) is 0 Å². The van der Waals surface area contributed by atoms with Crippen molar-refractivity contribution in [2.45, 2.75) is 50.5 Å². The summed E-state index contributed by atoms with van der Waals surface area (Å²) in [7, 11) is 0. The Kier molecular flexibility index (Phi) is 5.62. The van der Waals surface area contributed by atoms with Crippen LogP contribution in [-0.2, 0) is 9.59 Å². The van der Waals surface area contributed by atoms with Gasteiger partial charge in [-0.2, -0.15) is 0 Å². The minimum absolute atomic E-state index is 0. The second-order valence-corrected chi connectivity index (χ2v) is 5.80.